The quantitative estimate of drug-likeness (QED) is 0.806. The van der Waals surface area contributed by atoms with E-state index in [1.54, 1.807) is 11.8 Å². The number of aliphatic hydroxyl groups is 1. The zero-order valence-electron chi connectivity index (χ0n) is 6.88. The summed E-state index contributed by atoms with van der Waals surface area (Å²) >= 11 is 1.61. The highest BCUT2D eigenvalue weighted by atomic mass is 32.2. The summed E-state index contributed by atoms with van der Waals surface area (Å²) in [5.41, 5.74) is -4.13. The van der Waals surface area contributed by atoms with Gasteiger partial charge in [0, 0.05) is 11.5 Å². The molecule has 0 amide bonds. The summed E-state index contributed by atoms with van der Waals surface area (Å²) in [5, 5.41) is 9.31. The number of thioether (sulfide) groups is 2. The minimum atomic E-state index is -4.13. The van der Waals surface area contributed by atoms with Gasteiger partial charge in [-0.15, -0.1) is 0 Å². The molecule has 0 aromatic rings. The van der Waals surface area contributed by atoms with Crippen LogP contribution in [0.5, 0.6) is 0 Å². The summed E-state index contributed by atoms with van der Waals surface area (Å²) in [4.78, 5) is 0. The molecule has 0 aromatic heterocycles. The minimum Gasteiger partial charge on any atom is -0.392 e. The molecule has 78 valence electrons. The van der Waals surface area contributed by atoms with Crippen molar-refractivity contribution in [2.45, 2.75) is 18.0 Å². The van der Waals surface area contributed by atoms with Crippen molar-refractivity contribution in [2.24, 2.45) is 5.92 Å². The van der Waals surface area contributed by atoms with Crippen molar-refractivity contribution < 1.29 is 18.3 Å². The first kappa shape index (κ1) is 11.5. The van der Waals surface area contributed by atoms with Gasteiger partial charge in [-0.05, 0) is 18.1 Å². The van der Waals surface area contributed by atoms with Crippen LogP contribution in [0, 0.1) is 5.92 Å². The molecular formula is C7H11F3OS2. The highest BCUT2D eigenvalue weighted by Gasteiger charge is 2.30. The largest absolute Gasteiger partial charge is 0.441 e. The Hall–Kier alpha value is 0.450. The van der Waals surface area contributed by atoms with Gasteiger partial charge in [0.05, 0.1) is 6.10 Å². The van der Waals surface area contributed by atoms with Crippen LogP contribution in [0.25, 0.3) is 0 Å². The van der Waals surface area contributed by atoms with E-state index in [2.05, 4.69) is 0 Å². The van der Waals surface area contributed by atoms with Crippen LogP contribution in [-0.2, 0) is 0 Å². The Bertz CT molecular complexity index is 162. The number of hydrogen-bond acceptors (Lipinski definition) is 3. The lowest BCUT2D eigenvalue weighted by Gasteiger charge is -2.13. The summed E-state index contributed by atoms with van der Waals surface area (Å²) in [6.45, 7) is 0. The summed E-state index contributed by atoms with van der Waals surface area (Å²) in [6, 6.07) is 0. The Balaban J connectivity index is 2.12. The first-order valence-electron chi connectivity index (χ1n) is 3.95. The van der Waals surface area contributed by atoms with Crippen LogP contribution < -0.4 is 0 Å². The first-order chi connectivity index (χ1) is 5.99. The van der Waals surface area contributed by atoms with E-state index >= 15 is 0 Å². The molecule has 1 heterocycles. The Morgan fingerprint density at radius 1 is 1.38 bits per heavy atom. The van der Waals surface area contributed by atoms with Crippen molar-refractivity contribution in [1.29, 1.82) is 0 Å². The van der Waals surface area contributed by atoms with Crippen LogP contribution in [0.1, 0.15) is 6.42 Å². The highest BCUT2D eigenvalue weighted by molar-refractivity contribution is 8.00. The van der Waals surface area contributed by atoms with E-state index in [1.807, 2.05) is 0 Å². The second kappa shape index (κ2) is 4.79. The Labute approximate surface area is 83.5 Å². The SMILES string of the molecule is OC1CSCC1CCSC(F)(F)F. The fourth-order valence-electron chi connectivity index (χ4n) is 1.19. The average molecular weight is 232 g/mol. The maximum absolute atomic E-state index is 11.7. The average Bonchev–Trinajstić information content (AvgIpc) is 2.34. The van der Waals surface area contributed by atoms with E-state index in [1.165, 1.54) is 0 Å². The van der Waals surface area contributed by atoms with Crippen molar-refractivity contribution in [3.05, 3.63) is 0 Å². The lowest BCUT2D eigenvalue weighted by Crippen LogP contribution is -2.18. The molecule has 1 rings (SSSR count). The minimum absolute atomic E-state index is 0.00208. The smallest absolute Gasteiger partial charge is 0.392 e. The fourth-order valence-corrected chi connectivity index (χ4v) is 3.18. The van der Waals surface area contributed by atoms with Crippen molar-refractivity contribution in [1.82, 2.24) is 0 Å². The van der Waals surface area contributed by atoms with Crippen LogP contribution in [0.2, 0.25) is 0 Å². The highest BCUT2D eigenvalue weighted by Crippen LogP contribution is 2.34. The van der Waals surface area contributed by atoms with Gasteiger partial charge in [0.1, 0.15) is 0 Å². The van der Waals surface area contributed by atoms with Crippen LogP contribution in [0.4, 0.5) is 13.2 Å². The molecule has 13 heavy (non-hydrogen) atoms. The predicted molar refractivity (Wildman–Crippen MR) is 50.0 cm³/mol. The molecule has 2 atom stereocenters. The van der Waals surface area contributed by atoms with Crippen molar-refractivity contribution in [3.63, 3.8) is 0 Å². The van der Waals surface area contributed by atoms with Crippen LogP contribution in [0.3, 0.4) is 0 Å². The molecule has 0 aliphatic carbocycles. The second-order valence-corrected chi connectivity index (χ2v) is 5.18. The van der Waals surface area contributed by atoms with Gasteiger partial charge in [-0.3, -0.25) is 0 Å². The molecule has 1 saturated heterocycles. The Morgan fingerprint density at radius 3 is 2.54 bits per heavy atom. The summed E-state index contributed by atoms with van der Waals surface area (Å²) in [5.74, 6) is 1.58. The van der Waals surface area contributed by atoms with Gasteiger partial charge in [0.15, 0.2) is 0 Å². The van der Waals surface area contributed by atoms with E-state index in [0.29, 0.717) is 12.2 Å². The molecule has 0 bridgehead atoms. The van der Waals surface area contributed by atoms with Crippen molar-refractivity contribution >= 4 is 23.5 Å². The standard InChI is InChI=1S/C7H11F3OS2/c8-7(9,10)13-2-1-5-3-12-4-6(5)11/h5-6,11H,1-4H2. The summed E-state index contributed by atoms with van der Waals surface area (Å²) in [7, 11) is 0. The molecule has 1 aliphatic rings. The zero-order chi connectivity index (χ0) is 9.90. The molecule has 0 saturated carbocycles. The van der Waals surface area contributed by atoms with Crippen molar-refractivity contribution in [2.75, 3.05) is 17.3 Å². The van der Waals surface area contributed by atoms with Crippen LogP contribution >= 0.6 is 23.5 Å². The maximum Gasteiger partial charge on any atom is 0.441 e. The molecule has 1 aliphatic heterocycles. The zero-order valence-corrected chi connectivity index (χ0v) is 8.51. The normalized spacial score (nSPS) is 29.5. The Morgan fingerprint density at radius 2 is 2.08 bits per heavy atom. The van der Waals surface area contributed by atoms with Crippen molar-refractivity contribution in [3.8, 4) is 0 Å². The third-order valence-electron chi connectivity index (χ3n) is 1.92. The van der Waals surface area contributed by atoms with Gasteiger partial charge in [-0.25, -0.2) is 0 Å². The van der Waals surface area contributed by atoms with Gasteiger partial charge in [-0.1, -0.05) is 11.8 Å². The van der Waals surface area contributed by atoms with Gasteiger partial charge in [0.25, 0.3) is 0 Å². The fraction of sp³-hybridized carbons (Fsp3) is 1.00. The topological polar surface area (TPSA) is 20.2 Å². The van der Waals surface area contributed by atoms with Gasteiger partial charge in [0.2, 0.25) is 0 Å². The Kier molecular flexibility index (Phi) is 4.25. The molecule has 1 N–H and O–H groups in total. The van der Waals surface area contributed by atoms with E-state index in [9.17, 15) is 18.3 Å². The van der Waals surface area contributed by atoms with Crippen LogP contribution in [-0.4, -0.2) is 34.0 Å². The molecule has 0 aromatic carbocycles. The number of halogens is 3. The van der Waals surface area contributed by atoms with Gasteiger partial charge >= 0.3 is 5.51 Å². The van der Waals surface area contributed by atoms with Gasteiger partial charge in [-0.2, -0.15) is 24.9 Å². The van der Waals surface area contributed by atoms with E-state index < -0.39 is 11.6 Å². The third kappa shape index (κ3) is 4.46. The molecule has 6 heteroatoms. The van der Waals surface area contributed by atoms with Gasteiger partial charge < -0.3 is 5.11 Å². The molecule has 1 fully saturated rings. The summed E-state index contributed by atoms with van der Waals surface area (Å²) < 4.78 is 35.2. The molecular weight excluding hydrogens is 221 g/mol. The number of alkyl halides is 3. The third-order valence-corrected chi connectivity index (χ3v) is 3.93. The monoisotopic (exact) mass is 232 g/mol. The number of hydrogen-bond donors (Lipinski definition) is 1. The number of rotatable bonds is 3. The first-order valence-corrected chi connectivity index (χ1v) is 6.09. The second-order valence-electron chi connectivity index (χ2n) is 2.95. The molecule has 1 nitrogen and oxygen atoms in total. The number of aliphatic hydroxyl groups excluding tert-OH is 1. The maximum atomic E-state index is 11.7. The lowest BCUT2D eigenvalue weighted by molar-refractivity contribution is -0.0329. The predicted octanol–water partition coefficient (Wildman–Crippen LogP) is 2.35. The van der Waals surface area contributed by atoms with E-state index in [0.717, 1.165) is 5.75 Å². The summed E-state index contributed by atoms with van der Waals surface area (Å²) in [6.07, 6.45) is 0.0528. The molecule has 2 unspecified atom stereocenters. The lowest BCUT2D eigenvalue weighted by atomic mass is 10.0. The van der Waals surface area contributed by atoms with E-state index in [-0.39, 0.29) is 23.4 Å². The molecule has 0 radical (unpaired) electrons. The van der Waals surface area contributed by atoms with E-state index in [4.69, 9.17) is 0 Å². The molecule has 0 spiro atoms. The van der Waals surface area contributed by atoms with Crippen LogP contribution in [0.15, 0.2) is 0 Å².